The van der Waals surface area contributed by atoms with Crippen LogP contribution >= 0.6 is 23.2 Å². The summed E-state index contributed by atoms with van der Waals surface area (Å²) in [5, 5.41) is 4.95. The second kappa shape index (κ2) is 9.17. The minimum Gasteiger partial charge on any atom is -0.452 e. The molecule has 2 aromatic carbocycles. The average molecular weight is 399 g/mol. The van der Waals surface area contributed by atoms with Crippen LogP contribution in [0.2, 0.25) is 10.0 Å². The third-order valence-electron chi connectivity index (χ3n) is 3.08. The number of carbonyl (C=O) groups is 3. The highest BCUT2D eigenvalue weighted by molar-refractivity contribution is 6.39. The molecule has 2 N–H and O–H groups in total. The van der Waals surface area contributed by atoms with Gasteiger partial charge in [0.25, 0.3) is 5.91 Å². The summed E-state index contributed by atoms with van der Waals surface area (Å²) in [5.74, 6) is -2.50. The van der Waals surface area contributed by atoms with Crippen molar-refractivity contribution in [1.29, 1.82) is 0 Å². The van der Waals surface area contributed by atoms with Crippen molar-refractivity contribution in [2.24, 2.45) is 0 Å². The van der Waals surface area contributed by atoms with E-state index in [0.717, 1.165) is 0 Å². The molecule has 0 radical (unpaired) electrons. The Hall–Kier alpha value is -2.64. The van der Waals surface area contributed by atoms with Crippen LogP contribution in [-0.4, -0.2) is 30.9 Å². The van der Waals surface area contributed by atoms with E-state index in [1.54, 1.807) is 6.07 Å². The van der Waals surface area contributed by atoms with Crippen LogP contribution in [-0.2, 0) is 14.3 Å². The molecule has 136 valence electrons. The second-order valence-corrected chi connectivity index (χ2v) is 5.82. The first-order chi connectivity index (χ1) is 12.4. The Balaban J connectivity index is 1.77. The summed E-state index contributed by atoms with van der Waals surface area (Å²) in [4.78, 5) is 35.3. The number of nitrogens with one attached hydrogen (secondary N) is 2. The van der Waals surface area contributed by atoms with Crippen molar-refractivity contribution < 1.29 is 23.5 Å². The smallest absolute Gasteiger partial charge is 0.341 e. The number of halogens is 3. The van der Waals surface area contributed by atoms with E-state index in [0.29, 0.717) is 5.69 Å². The van der Waals surface area contributed by atoms with Crippen molar-refractivity contribution in [3.05, 3.63) is 63.9 Å². The molecular weight excluding hydrogens is 386 g/mol. The first kappa shape index (κ1) is 19.7. The molecule has 0 heterocycles. The zero-order chi connectivity index (χ0) is 19.1. The predicted molar refractivity (Wildman–Crippen MR) is 94.8 cm³/mol. The molecule has 0 aliphatic heterocycles. The SMILES string of the molecule is O=C(COC(=O)c1c(Cl)cccc1Cl)NCC(=O)Nc1ccc(F)cc1. The third kappa shape index (κ3) is 5.72. The Labute approximate surface area is 158 Å². The Morgan fingerprint density at radius 3 is 2.19 bits per heavy atom. The van der Waals surface area contributed by atoms with E-state index in [4.69, 9.17) is 27.9 Å². The van der Waals surface area contributed by atoms with Gasteiger partial charge in [-0.05, 0) is 36.4 Å². The number of benzene rings is 2. The van der Waals surface area contributed by atoms with Crippen molar-refractivity contribution in [2.45, 2.75) is 0 Å². The van der Waals surface area contributed by atoms with E-state index in [1.807, 2.05) is 0 Å². The molecule has 9 heteroatoms. The van der Waals surface area contributed by atoms with E-state index >= 15 is 0 Å². The summed E-state index contributed by atoms with van der Waals surface area (Å²) in [6, 6.07) is 9.62. The van der Waals surface area contributed by atoms with Gasteiger partial charge in [0, 0.05) is 5.69 Å². The van der Waals surface area contributed by atoms with Gasteiger partial charge >= 0.3 is 5.97 Å². The summed E-state index contributed by atoms with van der Waals surface area (Å²) in [6.07, 6.45) is 0. The number of amides is 2. The highest BCUT2D eigenvalue weighted by atomic mass is 35.5. The molecule has 0 aliphatic carbocycles. The summed E-state index contributed by atoms with van der Waals surface area (Å²) in [7, 11) is 0. The van der Waals surface area contributed by atoms with E-state index < -0.39 is 30.2 Å². The monoisotopic (exact) mass is 398 g/mol. The van der Waals surface area contributed by atoms with E-state index in [9.17, 15) is 18.8 Å². The second-order valence-electron chi connectivity index (χ2n) is 5.00. The van der Waals surface area contributed by atoms with Gasteiger partial charge in [-0.2, -0.15) is 0 Å². The van der Waals surface area contributed by atoms with Crippen LogP contribution in [0.3, 0.4) is 0 Å². The molecule has 0 unspecified atom stereocenters. The van der Waals surface area contributed by atoms with Crippen LogP contribution in [0.15, 0.2) is 42.5 Å². The number of esters is 1. The lowest BCUT2D eigenvalue weighted by molar-refractivity contribution is -0.126. The van der Waals surface area contributed by atoms with E-state index in [-0.39, 0.29) is 22.2 Å². The van der Waals surface area contributed by atoms with Gasteiger partial charge in [-0.3, -0.25) is 9.59 Å². The van der Waals surface area contributed by atoms with Crippen LogP contribution in [0.1, 0.15) is 10.4 Å². The minimum atomic E-state index is -0.855. The zero-order valence-corrected chi connectivity index (χ0v) is 14.7. The van der Waals surface area contributed by atoms with Crippen molar-refractivity contribution in [3.8, 4) is 0 Å². The molecule has 0 bridgehead atoms. The Morgan fingerprint density at radius 1 is 0.962 bits per heavy atom. The van der Waals surface area contributed by atoms with Crippen LogP contribution in [0.4, 0.5) is 10.1 Å². The first-order valence-corrected chi connectivity index (χ1v) is 8.05. The van der Waals surface area contributed by atoms with Crippen LogP contribution < -0.4 is 10.6 Å². The van der Waals surface area contributed by atoms with Gasteiger partial charge in [0.1, 0.15) is 5.82 Å². The van der Waals surface area contributed by atoms with E-state index in [1.165, 1.54) is 36.4 Å². The number of carbonyl (C=O) groups excluding carboxylic acids is 3. The highest BCUT2D eigenvalue weighted by Gasteiger charge is 2.17. The van der Waals surface area contributed by atoms with Gasteiger partial charge < -0.3 is 15.4 Å². The lowest BCUT2D eigenvalue weighted by atomic mass is 10.2. The standard InChI is InChI=1S/C17H13Cl2FN2O4/c18-12-2-1-3-13(19)16(12)17(25)26-9-15(24)21-8-14(23)22-11-6-4-10(20)5-7-11/h1-7H,8-9H2,(H,21,24)(H,22,23). The normalized spacial score (nSPS) is 10.1. The molecule has 2 amide bonds. The van der Waals surface area contributed by atoms with Crippen molar-refractivity contribution >= 4 is 46.7 Å². The maximum absolute atomic E-state index is 12.8. The Kier molecular flexibility index (Phi) is 6.94. The molecule has 0 saturated carbocycles. The lowest BCUT2D eigenvalue weighted by Gasteiger charge is -2.09. The maximum Gasteiger partial charge on any atom is 0.341 e. The van der Waals surface area contributed by atoms with Crippen LogP contribution in [0, 0.1) is 5.82 Å². The number of rotatable bonds is 6. The Bertz CT molecular complexity index is 808. The fraction of sp³-hybridized carbons (Fsp3) is 0.118. The fourth-order valence-electron chi connectivity index (χ4n) is 1.86. The van der Waals surface area contributed by atoms with Crippen LogP contribution in [0.5, 0.6) is 0 Å². The molecule has 26 heavy (non-hydrogen) atoms. The maximum atomic E-state index is 12.8. The number of anilines is 1. The first-order valence-electron chi connectivity index (χ1n) is 7.30. The molecule has 0 saturated heterocycles. The average Bonchev–Trinajstić information content (AvgIpc) is 2.60. The molecule has 0 atom stereocenters. The van der Waals surface area contributed by atoms with Gasteiger partial charge in [0.05, 0.1) is 22.2 Å². The molecule has 0 spiro atoms. The summed E-state index contributed by atoms with van der Waals surface area (Å²) in [5.41, 5.74) is 0.336. The third-order valence-corrected chi connectivity index (χ3v) is 3.71. The molecule has 0 aliphatic rings. The number of hydrogen-bond acceptors (Lipinski definition) is 4. The molecule has 2 aromatic rings. The Morgan fingerprint density at radius 2 is 1.58 bits per heavy atom. The highest BCUT2D eigenvalue weighted by Crippen LogP contribution is 2.24. The van der Waals surface area contributed by atoms with Gasteiger partial charge in [-0.25, -0.2) is 9.18 Å². The number of hydrogen-bond donors (Lipinski definition) is 2. The summed E-state index contributed by atoms with van der Waals surface area (Å²) < 4.78 is 17.6. The number of ether oxygens (including phenoxy) is 1. The summed E-state index contributed by atoms with van der Waals surface area (Å²) >= 11 is 11.7. The van der Waals surface area contributed by atoms with Crippen molar-refractivity contribution in [1.82, 2.24) is 5.32 Å². The largest absolute Gasteiger partial charge is 0.452 e. The van der Waals surface area contributed by atoms with Gasteiger partial charge in [-0.1, -0.05) is 29.3 Å². The van der Waals surface area contributed by atoms with Gasteiger partial charge in [0.15, 0.2) is 6.61 Å². The van der Waals surface area contributed by atoms with Gasteiger partial charge in [-0.15, -0.1) is 0 Å². The quantitative estimate of drug-likeness (QED) is 0.732. The zero-order valence-electron chi connectivity index (χ0n) is 13.2. The summed E-state index contributed by atoms with van der Waals surface area (Å²) in [6.45, 7) is -0.954. The molecule has 2 rings (SSSR count). The van der Waals surface area contributed by atoms with Crippen molar-refractivity contribution in [3.63, 3.8) is 0 Å². The lowest BCUT2D eigenvalue weighted by Crippen LogP contribution is -2.35. The molecular formula is C17H13Cl2FN2O4. The molecule has 6 nitrogen and oxygen atoms in total. The van der Waals surface area contributed by atoms with Gasteiger partial charge in [0.2, 0.25) is 5.91 Å². The minimum absolute atomic E-state index is 0.0438. The topological polar surface area (TPSA) is 84.5 Å². The molecule has 0 aromatic heterocycles. The fourth-order valence-corrected chi connectivity index (χ4v) is 2.42. The van der Waals surface area contributed by atoms with Crippen molar-refractivity contribution in [2.75, 3.05) is 18.5 Å². The van der Waals surface area contributed by atoms with Crippen LogP contribution in [0.25, 0.3) is 0 Å². The predicted octanol–water partition coefficient (Wildman–Crippen LogP) is 3.04. The molecule has 0 fully saturated rings. The van der Waals surface area contributed by atoms with E-state index in [2.05, 4.69) is 10.6 Å².